The average molecular weight is 492 g/mol. The van der Waals surface area contributed by atoms with E-state index in [0.29, 0.717) is 60.7 Å². The molecule has 2 aromatic carbocycles. The van der Waals surface area contributed by atoms with Crippen molar-refractivity contribution < 1.29 is 18.3 Å². The number of carbonyl (C=O) groups is 1. The quantitative estimate of drug-likeness (QED) is 0.410. The summed E-state index contributed by atoms with van der Waals surface area (Å²) < 4.78 is 33.5. The van der Waals surface area contributed by atoms with Crippen molar-refractivity contribution in [3.05, 3.63) is 72.6 Å². The predicted molar refractivity (Wildman–Crippen MR) is 128 cm³/mol. The van der Waals surface area contributed by atoms with Crippen LogP contribution in [-0.2, 0) is 11.3 Å². The van der Waals surface area contributed by atoms with Crippen LogP contribution in [-0.4, -0.2) is 68.8 Å². The largest absolute Gasteiger partial charge is 0.480 e. The molecule has 4 aromatic rings. The van der Waals surface area contributed by atoms with Crippen LogP contribution in [0.15, 0.2) is 60.9 Å². The van der Waals surface area contributed by atoms with Gasteiger partial charge >= 0.3 is 0 Å². The fraction of sp³-hybridized carbons (Fsp3) is 0.240. The van der Waals surface area contributed by atoms with E-state index in [9.17, 15) is 13.6 Å². The highest BCUT2D eigenvalue weighted by Gasteiger charge is 2.24. The Balaban J connectivity index is 1.34. The number of halogens is 2. The molecule has 1 saturated heterocycles. The molecule has 0 atom stereocenters. The first-order valence-electron chi connectivity index (χ1n) is 11.4. The normalized spacial score (nSPS) is 13.6. The summed E-state index contributed by atoms with van der Waals surface area (Å²) in [5.41, 5.74) is 1.23. The van der Waals surface area contributed by atoms with Crippen molar-refractivity contribution in [2.45, 2.75) is 6.54 Å². The number of carbonyl (C=O) groups excluding carboxylic acids is 1. The number of piperazine rings is 1. The van der Waals surface area contributed by atoms with E-state index < -0.39 is 0 Å². The van der Waals surface area contributed by atoms with Gasteiger partial charge in [-0.2, -0.15) is 4.98 Å². The van der Waals surface area contributed by atoms with Crippen molar-refractivity contribution in [2.75, 3.05) is 38.2 Å². The Morgan fingerprint density at radius 1 is 0.889 bits per heavy atom. The zero-order chi connectivity index (χ0) is 25.1. The molecule has 0 spiro atoms. The lowest BCUT2D eigenvalue weighted by atomic mass is 10.2. The van der Waals surface area contributed by atoms with Crippen LogP contribution in [0.3, 0.4) is 0 Å². The summed E-state index contributed by atoms with van der Waals surface area (Å²) >= 11 is 0. The van der Waals surface area contributed by atoms with Crippen molar-refractivity contribution in [3.63, 3.8) is 0 Å². The van der Waals surface area contributed by atoms with Gasteiger partial charge in [-0.15, -0.1) is 5.10 Å². The Morgan fingerprint density at radius 2 is 1.53 bits per heavy atom. The molecule has 1 fully saturated rings. The van der Waals surface area contributed by atoms with Gasteiger partial charge in [0.2, 0.25) is 11.8 Å². The van der Waals surface area contributed by atoms with E-state index in [1.807, 2.05) is 4.90 Å². The maximum Gasteiger partial charge on any atom is 0.244 e. The fourth-order valence-electron chi connectivity index (χ4n) is 3.99. The maximum atomic E-state index is 13.5. The van der Waals surface area contributed by atoms with Crippen LogP contribution in [0.2, 0.25) is 0 Å². The van der Waals surface area contributed by atoms with Gasteiger partial charge in [0.25, 0.3) is 0 Å². The van der Waals surface area contributed by atoms with Gasteiger partial charge in [0.05, 0.1) is 19.5 Å². The third kappa shape index (κ3) is 4.99. The molecule has 0 bridgehead atoms. The van der Waals surface area contributed by atoms with Gasteiger partial charge in [-0.3, -0.25) is 9.78 Å². The molecule has 36 heavy (non-hydrogen) atoms. The molecule has 0 radical (unpaired) electrons. The molecule has 11 heteroatoms. The van der Waals surface area contributed by atoms with Crippen molar-refractivity contribution in [1.29, 1.82) is 0 Å². The molecule has 5 rings (SSSR count). The standard InChI is InChI=1S/C25H23F2N7O2/c1-36-22-15-28-14-21(29-22)32-10-12-33(13-11-32)23(35)16-34-25(18-4-8-20(27)9-5-18)30-24(31-34)17-2-6-19(26)7-3-17/h2-9,14-15H,10-13,16H2,1H3. The lowest BCUT2D eigenvalue weighted by molar-refractivity contribution is -0.132. The van der Waals surface area contributed by atoms with Crippen LogP contribution in [0.5, 0.6) is 5.88 Å². The molecule has 1 aliphatic rings. The first-order valence-corrected chi connectivity index (χ1v) is 11.4. The van der Waals surface area contributed by atoms with Crippen LogP contribution in [0, 0.1) is 11.6 Å². The Labute approximate surface area is 206 Å². The van der Waals surface area contributed by atoms with Crippen LogP contribution < -0.4 is 9.64 Å². The average Bonchev–Trinajstić information content (AvgIpc) is 3.33. The second-order valence-corrected chi connectivity index (χ2v) is 8.22. The molecular formula is C25H23F2N7O2. The Kier molecular flexibility index (Phi) is 6.52. The van der Waals surface area contributed by atoms with Crippen LogP contribution >= 0.6 is 0 Å². The minimum absolute atomic E-state index is 0.0418. The molecule has 184 valence electrons. The van der Waals surface area contributed by atoms with Crippen LogP contribution in [0.1, 0.15) is 0 Å². The van der Waals surface area contributed by atoms with Gasteiger partial charge in [-0.25, -0.2) is 18.4 Å². The summed E-state index contributed by atoms with van der Waals surface area (Å²) in [6, 6.07) is 11.6. The number of hydrogen-bond donors (Lipinski definition) is 0. The predicted octanol–water partition coefficient (Wildman–Crippen LogP) is 3.04. The summed E-state index contributed by atoms with van der Waals surface area (Å²) in [4.78, 5) is 30.1. The van der Waals surface area contributed by atoms with E-state index in [-0.39, 0.29) is 24.1 Å². The van der Waals surface area contributed by atoms with E-state index in [0.717, 1.165) is 0 Å². The Bertz CT molecular complexity index is 1350. The number of methoxy groups -OCH3 is 1. The SMILES string of the molecule is COc1cncc(N2CCN(C(=O)Cn3nc(-c4ccc(F)cc4)nc3-c3ccc(F)cc3)CC2)n1. The first-order chi connectivity index (χ1) is 17.5. The van der Waals surface area contributed by atoms with Crippen LogP contribution in [0.25, 0.3) is 22.8 Å². The molecule has 2 aromatic heterocycles. The molecule has 0 N–H and O–H groups in total. The van der Waals surface area contributed by atoms with Gasteiger partial charge in [-0.1, -0.05) is 0 Å². The first kappa shape index (κ1) is 23.3. The molecule has 1 aliphatic heterocycles. The molecule has 3 heterocycles. The van der Waals surface area contributed by atoms with E-state index in [1.165, 1.54) is 36.1 Å². The Morgan fingerprint density at radius 3 is 2.17 bits per heavy atom. The summed E-state index contributed by atoms with van der Waals surface area (Å²) in [5.74, 6) is 1.04. The zero-order valence-electron chi connectivity index (χ0n) is 19.5. The van der Waals surface area contributed by atoms with E-state index in [2.05, 4.69) is 20.1 Å². The lowest BCUT2D eigenvalue weighted by Crippen LogP contribution is -2.50. The van der Waals surface area contributed by atoms with Crippen molar-refractivity contribution in [3.8, 4) is 28.7 Å². The number of anilines is 1. The molecule has 9 nitrogen and oxygen atoms in total. The number of aromatic nitrogens is 5. The third-order valence-electron chi connectivity index (χ3n) is 5.93. The van der Waals surface area contributed by atoms with Crippen LogP contribution in [0.4, 0.5) is 14.6 Å². The highest BCUT2D eigenvalue weighted by molar-refractivity contribution is 5.77. The maximum absolute atomic E-state index is 13.5. The van der Waals surface area contributed by atoms with Crippen molar-refractivity contribution in [2.24, 2.45) is 0 Å². The molecule has 0 saturated carbocycles. The smallest absolute Gasteiger partial charge is 0.244 e. The van der Waals surface area contributed by atoms with Gasteiger partial charge in [0.1, 0.15) is 18.2 Å². The van der Waals surface area contributed by atoms with Gasteiger partial charge < -0.3 is 14.5 Å². The molecular weight excluding hydrogens is 468 g/mol. The second-order valence-electron chi connectivity index (χ2n) is 8.22. The monoisotopic (exact) mass is 491 g/mol. The number of amides is 1. The number of rotatable bonds is 6. The molecule has 1 amide bonds. The summed E-state index contributed by atoms with van der Waals surface area (Å²) in [6.07, 6.45) is 3.21. The molecule has 0 aliphatic carbocycles. The summed E-state index contributed by atoms with van der Waals surface area (Å²) in [6.45, 7) is 2.15. The van der Waals surface area contributed by atoms with E-state index >= 15 is 0 Å². The second kappa shape index (κ2) is 10.1. The lowest BCUT2D eigenvalue weighted by Gasteiger charge is -2.35. The molecule has 0 unspecified atom stereocenters. The minimum atomic E-state index is -0.377. The van der Waals surface area contributed by atoms with Crippen molar-refractivity contribution >= 4 is 11.7 Å². The number of benzene rings is 2. The number of ether oxygens (including phenoxy) is 1. The van der Waals surface area contributed by atoms with E-state index in [1.54, 1.807) is 41.6 Å². The van der Waals surface area contributed by atoms with Crippen molar-refractivity contribution in [1.82, 2.24) is 29.6 Å². The van der Waals surface area contributed by atoms with Gasteiger partial charge in [0.15, 0.2) is 17.5 Å². The fourth-order valence-corrected chi connectivity index (χ4v) is 3.99. The summed E-state index contributed by atoms with van der Waals surface area (Å²) in [7, 11) is 1.54. The highest BCUT2D eigenvalue weighted by atomic mass is 19.1. The Hall–Kier alpha value is -4.41. The highest BCUT2D eigenvalue weighted by Crippen LogP contribution is 2.24. The zero-order valence-corrected chi connectivity index (χ0v) is 19.5. The number of hydrogen-bond acceptors (Lipinski definition) is 7. The minimum Gasteiger partial charge on any atom is -0.480 e. The number of nitrogens with zero attached hydrogens (tertiary/aromatic N) is 7. The van der Waals surface area contributed by atoms with E-state index in [4.69, 9.17) is 4.74 Å². The topological polar surface area (TPSA) is 89.3 Å². The van der Waals surface area contributed by atoms with Gasteiger partial charge in [-0.05, 0) is 48.5 Å². The third-order valence-corrected chi connectivity index (χ3v) is 5.93. The summed E-state index contributed by atoms with van der Waals surface area (Å²) in [5, 5.41) is 4.52. The van der Waals surface area contributed by atoms with Gasteiger partial charge in [0, 0.05) is 37.3 Å².